The van der Waals surface area contributed by atoms with Crippen molar-refractivity contribution < 1.29 is 0 Å². The Bertz CT molecular complexity index is 240. The number of thioether (sulfide) groups is 1. The molecule has 2 rings (SSSR count). The average Bonchev–Trinajstić information content (AvgIpc) is 2.59. The first kappa shape index (κ1) is 6.24. The Hall–Kier alpha value is -0.480. The molecule has 0 saturated carbocycles. The molecule has 1 aliphatic heterocycles. The lowest BCUT2D eigenvalue weighted by Crippen LogP contribution is -1.94. The fraction of sp³-hybridized carbons (Fsp3) is 0.167. The van der Waals surface area contributed by atoms with Gasteiger partial charge in [0.05, 0.1) is 5.88 Å². The Morgan fingerprint density at radius 1 is 1.60 bits per heavy atom. The third-order valence-corrected chi connectivity index (χ3v) is 2.78. The molecule has 0 aliphatic carbocycles. The lowest BCUT2D eigenvalue weighted by Gasteiger charge is -1.88. The predicted octanol–water partition coefficient (Wildman–Crippen LogP) is 1.70. The topological polar surface area (TPSA) is 24.4 Å². The summed E-state index contributed by atoms with van der Waals surface area (Å²) in [4.78, 5) is 0. The SMILES string of the molecule is c1cc(C2=NNCS2)cs1. The zero-order chi connectivity index (χ0) is 6.81. The molecule has 1 aromatic heterocycles. The number of hydrazone groups is 1. The van der Waals surface area contributed by atoms with E-state index in [1.165, 1.54) is 5.56 Å². The summed E-state index contributed by atoms with van der Waals surface area (Å²) in [5, 5.41) is 9.40. The summed E-state index contributed by atoms with van der Waals surface area (Å²) >= 11 is 3.45. The van der Waals surface area contributed by atoms with Crippen molar-refractivity contribution in [2.75, 3.05) is 5.88 Å². The van der Waals surface area contributed by atoms with E-state index in [-0.39, 0.29) is 0 Å². The number of nitrogens with zero attached hydrogens (tertiary/aromatic N) is 1. The molecular formula is C6H6N2S2. The molecule has 10 heavy (non-hydrogen) atoms. The summed E-state index contributed by atoms with van der Waals surface area (Å²) in [7, 11) is 0. The van der Waals surface area contributed by atoms with Gasteiger partial charge in [-0.25, -0.2) is 0 Å². The maximum absolute atomic E-state index is 4.11. The van der Waals surface area contributed by atoms with Gasteiger partial charge in [0, 0.05) is 10.9 Å². The summed E-state index contributed by atoms with van der Waals surface area (Å²) in [5.74, 6) is 0.908. The standard InChI is InChI=1S/C6H6N2S2/c1-2-9-3-5(1)6-8-7-4-10-6/h1-3,7H,4H2. The normalized spacial score (nSPS) is 16.6. The first-order valence-electron chi connectivity index (χ1n) is 2.93. The van der Waals surface area contributed by atoms with Crippen LogP contribution in [0.25, 0.3) is 0 Å². The van der Waals surface area contributed by atoms with Gasteiger partial charge in [-0.3, -0.25) is 5.43 Å². The second-order valence-electron chi connectivity index (χ2n) is 1.88. The summed E-state index contributed by atoms with van der Waals surface area (Å²) in [6, 6.07) is 2.09. The molecule has 0 bridgehead atoms. The number of hydrogen-bond donors (Lipinski definition) is 1. The molecule has 0 fully saturated rings. The highest BCUT2D eigenvalue weighted by molar-refractivity contribution is 8.14. The molecule has 0 atom stereocenters. The highest BCUT2D eigenvalue weighted by Crippen LogP contribution is 2.18. The van der Waals surface area contributed by atoms with Crippen LogP contribution in [0, 0.1) is 0 Å². The highest BCUT2D eigenvalue weighted by atomic mass is 32.2. The largest absolute Gasteiger partial charge is 0.299 e. The zero-order valence-electron chi connectivity index (χ0n) is 5.20. The van der Waals surface area contributed by atoms with Gasteiger partial charge in [0.1, 0.15) is 5.04 Å². The van der Waals surface area contributed by atoms with Gasteiger partial charge in [0.2, 0.25) is 0 Å². The number of rotatable bonds is 1. The van der Waals surface area contributed by atoms with Crippen molar-refractivity contribution in [3.8, 4) is 0 Å². The Kier molecular flexibility index (Phi) is 1.65. The minimum atomic E-state index is 0.908. The lowest BCUT2D eigenvalue weighted by atomic mass is 10.4. The van der Waals surface area contributed by atoms with Crippen molar-refractivity contribution in [1.82, 2.24) is 5.43 Å². The van der Waals surface area contributed by atoms with Crippen molar-refractivity contribution in [3.05, 3.63) is 22.4 Å². The van der Waals surface area contributed by atoms with E-state index in [1.807, 2.05) is 0 Å². The minimum absolute atomic E-state index is 0.908. The quantitative estimate of drug-likeness (QED) is 0.693. The molecule has 1 aromatic rings. The second kappa shape index (κ2) is 2.64. The van der Waals surface area contributed by atoms with Crippen molar-refractivity contribution in [1.29, 1.82) is 0 Å². The lowest BCUT2D eigenvalue weighted by molar-refractivity contribution is 0.893. The monoisotopic (exact) mass is 170 g/mol. The van der Waals surface area contributed by atoms with Gasteiger partial charge in [-0.1, -0.05) is 11.8 Å². The molecule has 4 heteroatoms. The van der Waals surface area contributed by atoms with Crippen LogP contribution in [0.2, 0.25) is 0 Å². The van der Waals surface area contributed by atoms with Gasteiger partial charge in [0.25, 0.3) is 0 Å². The summed E-state index contributed by atoms with van der Waals surface area (Å²) in [6.07, 6.45) is 0. The molecule has 2 nitrogen and oxygen atoms in total. The fourth-order valence-electron chi connectivity index (χ4n) is 0.771. The van der Waals surface area contributed by atoms with Crippen molar-refractivity contribution in [2.45, 2.75) is 0 Å². The van der Waals surface area contributed by atoms with Gasteiger partial charge >= 0.3 is 0 Å². The number of nitrogens with one attached hydrogen (secondary N) is 1. The predicted molar refractivity (Wildman–Crippen MR) is 46.4 cm³/mol. The van der Waals surface area contributed by atoms with E-state index in [9.17, 15) is 0 Å². The molecule has 1 aliphatic rings. The number of thiophene rings is 1. The average molecular weight is 170 g/mol. The summed E-state index contributed by atoms with van der Waals surface area (Å²) < 4.78 is 0. The first-order chi connectivity index (χ1) is 4.97. The van der Waals surface area contributed by atoms with Crippen LogP contribution in [-0.4, -0.2) is 10.9 Å². The van der Waals surface area contributed by atoms with Gasteiger partial charge in [-0.2, -0.15) is 16.4 Å². The van der Waals surface area contributed by atoms with Crippen LogP contribution >= 0.6 is 23.1 Å². The Morgan fingerprint density at radius 2 is 2.60 bits per heavy atom. The maximum Gasteiger partial charge on any atom is 0.126 e. The third-order valence-electron chi connectivity index (χ3n) is 1.22. The van der Waals surface area contributed by atoms with E-state index in [4.69, 9.17) is 0 Å². The maximum atomic E-state index is 4.11. The molecule has 0 saturated heterocycles. The molecule has 0 spiro atoms. The van der Waals surface area contributed by atoms with Crippen LogP contribution in [0.4, 0.5) is 0 Å². The zero-order valence-corrected chi connectivity index (χ0v) is 6.84. The summed E-state index contributed by atoms with van der Waals surface area (Å²) in [5.41, 5.74) is 4.15. The van der Waals surface area contributed by atoms with Crippen LogP contribution in [0.1, 0.15) is 5.56 Å². The molecule has 52 valence electrons. The fourth-order valence-corrected chi connectivity index (χ4v) is 2.17. The van der Waals surface area contributed by atoms with Crippen LogP contribution < -0.4 is 5.43 Å². The molecular weight excluding hydrogens is 164 g/mol. The molecule has 0 unspecified atom stereocenters. The van der Waals surface area contributed by atoms with Gasteiger partial charge in [0.15, 0.2) is 0 Å². The van der Waals surface area contributed by atoms with Crippen LogP contribution in [-0.2, 0) is 0 Å². The van der Waals surface area contributed by atoms with Gasteiger partial charge in [-0.15, -0.1) is 0 Å². The van der Waals surface area contributed by atoms with Crippen molar-refractivity contribution in [3.63, 3.8) is 0 Å². The third kappa shape index (κ3) is 1.04. The summed E-state index contributed by atoms with van der Waals surface area (Å²) in [6.45, 7) is 0. The van der Waals surface area contributed by atoms with E-state index in [2.05, 4.69) is 27.4 Å². The van der Waals surface area contributed by atoms with Crippen LogP contribution in [0.5, 0.6) is 0 Å². The van der Waals surface area contributed by atoms with Gasteiger partial charge < -0.3 is 0 Å². The Morgan fingerprint density at radius 3 is 3.20 bits per heavy atom. The van der Waals surface area contributed by atoms with E-state index in [0.29, 0.717) is 0 Å². The minimum Gasteiger partial charge on any atom is -0.299 e. The van der Waals surface area contributed by atoms with E-state index < -0.39 is 0 Å². The van der Waals surface area contributed by atoms with Crippen LogP contribution in [0.3, 0.4) is 0 Å². The molecule has 0 radical (unpaired) electrons. The molecule has 0 aromatic carbocycles. The smallest absolute Gasteiger partial charge is 0.126 e. The molecule has 1 N–H and O–H groups in total. The Balaban J connectivity index is 2.28. The second-order valence-corrected chi connectivity index (χ2v) is 3.62. The van der Waals surface area contributed by atoms with Crippen molar-refractivity contribution >= 4 is 28.1 Å². The Labute approximate surface area is 67.3 Å². The van der Waals surface area contributed by atoms with E-state index >= 15 is 0 Å². The van der Waals surface area contributed by atoms with Crippen LogP contribution in [0.15, 0.2) is 21.9 Å². The van der Waals surface area contributed by atoms with Gasteiger partial charge in [-0.05, 0) is 11.4 Å². The first-order valence-corrected chi connectivity index (χ1v) is 4.85. The van der Waals surface area contributed by atoms with E-state index in [0.717, 1.165) is 10.9 Å². The highest BCUT2D eigenvalue weighted by Gasteiger charge is 2.08. The van der Waals surface area contributed by atoms with Crippen molar-refractivity contribution in [2.24, 2.45) is 5.10 Å². The molecule has 0 amide bonds. The van der Waals surface area contributed by atoms with E-state index in [1.54, 1.807) is 23.1 Å². The number of hydrogen-bond acceptors (Lipinski definition) is 4. The molecule has 2 heterocycles.